The van der Waals surface area contributed by atoms with Crippen molar-refractivity contribution in [1.29, 1.82) is 0 Å². The largest absolute Gasteiger partial charge is 0.444 e. The SMILES string of the molecule is CSc1nccc(-c2cc(C(N)=O)nn2C2CCN(C(=O)OC(C)(C)C)CC2)n1. The minimum absolute atomic E-state index is 0.0180. The van der Waals surface area contributed by atoms with Gasteiger partial charge in [0.1, 0.15) is 5.60 Å². The molecule has 0 saturated carbocycles. The lowest BCUT2D eigenvalue weighted by molar-refractivity contribution is 0.0185. The topological polar surface area (TPSA) is 116 Å². The van der Waals surface area contributed by atoms with Gasteiger partial charge in [-0.25, -0.2) is 14.8 Å². The molecular weight excluding hydrogens is 392 g/mol. The first-order valence-electron chi connectivity index (χ1n) is 9.42. The number of carbonyl (C=O) groups excluding carboxylic acids is 2. The van der Waals surface area contributed by atoms with Crippen LogP contribution in [0.2, 0.25) is 0 Å². The molecule has 1 saturated heterocycles. The third-order valence-electron chi connectivity index (χ3n) is 4.53. The van der Waals surface area contributed by atoms with E-state index >= 15 is 0 Å². The molecule has 1 aliphatic rings. The Hall–Kier alpha value is -2.62. The zero-order valence-electron chi connectivity index (χ0n) is 17.1. The Labute approximate surface area is 174 Å². The summed E-state index contributed by atoms with van der Waals surface area (Å²) in [6.45, 7) is 6.64. The molecule has 29 heavy (non-hydrogen) atoms. The number of hydrogen-bond acceptors (Lipinski definition) is 7. The van der Waals surface area contributed by atoms with Crippen molar-refractivity contribution >= 4 is 23.8 Å². The minimum Gasteiger partial charge on any atom is -0.444 e. The van der Waals surface area contributed by atoms with Crippen molar-refractivity contribution in [3.05, 3.63) is 24.0 Å². The molecule has 0 radical (unpaired) electrons. The second kappa shape index (κ2) is 8.40. The Morgan fingerprint density at radius 1 is 1.28 bits per heavy atom. The molecule has 2 N–H and O–H groups in total. The van der Waals surface area contributed by atoms with Crippen molar-refractivity contribution < 1.29 is 14.3 Å². The van der Waals surface area contributed by atoms with Crippen LogP contribution in [0.1, 0.15) is 50.1 Å². The molecule has 0 atom stereocenters. The fourth-order valence-electron chi connectivity index (χ4n) is 3.19. The summed E-state index contributed by atoms with van der Waals surface area (Å²) in [5, 5.41) is 5.07. The maximum Gasteiger partial charge on any atom is 0.410 e. The highest BCUT2D eigenvalue weighted by atomic mass is 32.2. The van der Waals surface area contributed by atoms with Gasteiger partial charge >= 0.3 is 6.09 Å². The van der Waals surface area contributed by atoms with Crippen molar-refractivity contribution in [2.24, 2.45) is 5.73 Å². The summed E-state index contributed by atoms with van der Waals surface area (Å²) in [5.74, 6) is -0.588. The van der Waals surface area contributed by atoms with E-state index < -0.39 is 11.5 Å². The van der Waals surface area contributed by atoms with Crippen LogP contribution in [0.4, 0.5) is 4.79 Å². The molecule has 2 aromatic rings. The van der Waals surface area contributed by atoms with Crippen LogP contribution >= 0.6 is 11.8 Å². The van der Waals surface area contributed by atoms with Crippen LogP contribution in [0.15, 0.2) is 23.5 Å². The van der Waals surface area contributed by atoms with Gasteiger partial charge in [-0.15, -0.1) is 0 Å². The zero-order valence-corrected chi connectivity index (χ0v) is 17.9. The van der Waals surface area contributed by atoms with Crippen LogP contribution in [0.3, 0.4) is 0 Å². The number of nitrogens with two attached hydrogens (primary N) is 1. The Balaban J connectivity index is 1.82. The summed E-state index contributed by atoms with van der Waals surface area (Å²) >= 11 is 1.44. The summed E-state index contributed by atoms with van der Waals surface area (Å²) in [6, 6.07) is 3.47. The molecule has 156 valence electrons. The molecule has 0 spiro atoms. The molecule has 0 unspecified atom stereocenters. The van der Waals surface area contributed by atoms with Gasteiger partial charge in [0.25, 0.3) is 5.91 Å². The second-order valence-electron chi connectivity index (χ2n) is 7.85. The number of carbonyl (C=O) groups is 2. The Bertz CT molecular complexity index is 900. The Morgan fingerprint density at radius 3 is 2.55 bits per heavy atom. The summed E-state index contributed by atoms with van der Waals surface area (Å²) in [5.41, 5.74) is 6.52. The van der Waals surface area contributed by atoms with E-state index in [-0.39, 0.29) is 17.8 Å². The number of piperidine rings is 1. The van der Waals surface area contributed by atoms with E-state index in [1.807, 2.05) is 27.0 Å². The van der Waals surface area contributed by atoms with E-state index in [0.717, 1.165) is 0 Å². The van der Waals surface area contributed by atoms with Crippen molar-refractivity contribution in [3.8, 4) is 11.4 Å². The maximum absolute atomic E-state index is 12.3. The monoisotopic (exact) mass is 418 g/mol. The first-order chi connectivity index (χ1) is 13.7. The second-order valence-corrected chi connectivity index (χ2v) is 8.62. The van der Waals surface area contributed by atoms with Gasteiger partial charge in [0.15, 0.2) is 10.9 Å². The number of thioether (sulfide) groups is 1. The van der Waals surface area contributed by atoms with E-state index in [4.69, 9.17) is 10.5 Å². The van der Waals surface area contributed by atoms with Gasteiger partial charge in [0.05, 0.1) is 17.4 Å². The molecule has 2 aromatic heterocycles. The number of nitrogens with zero attached hydrogens (tertiary/aromatic N) is 5. The first-order valence-corrected chi connectivity index (χ1v) is 10.6. The van der Waals surface area contributed by atoms with Crippen LogP contribution in [0.5, 0.6) is 0 Å². The molecule has 10 heteroatoms. The van der Waals surface area contributed by atoms with Gasteiger partial charge in [-0.2, -0.15) is 5.10 Å². The third-order valence-corrected chi connectivity index (χ3v) is 5.09. The average molecular weight is 419 g/mol. The van der Waals surface area contributed by atoms with Crippen LogP contribution in [-0.2, 0) is 4.74 Å². The summed E-state index contributed by atoms with van der Waals surface area (Å²) in [4.78, 5) is 34.5. The number of amides is 2. The van der Waals surface area contributed by atoms with Crippen LogP contribution in [-0.4, -0.2) is 61.6 Å². The van der Waals surface area contributed by atoms with Crippen molar-refractivity contribution in [2.45, 2.75) is 50.4 Å². The standard InChI is InChI=1S/C19H26N6O3S/c1-19(2,3)28-18(27)24-9-6-12(7-10-24)25-15(11-14(23-25)16(20)26)13-5-8-21-17(22-13)29-4/h5,8,11-12H,6-7,9-10H2,1-4H3,(H2,20,26). The van der Waals surface area contributed by atoms with Crippen molar-refractivity contribution in [2.75, 3.05) is 19.3 Å². The molecule has 0 aliphatic carbocycles. The highest BCUT2D eigenvalue weighted by molar-refractivity contribution is 7.98. The lowest BCUT2D eigenvalue weighted by Gasteiger charge is -2.34. The van der Waals surface area contributed by atoms with Crippen LogP contribution in [0.25, 0.3) is 11.4 Å². The molecule has 1 aliphatic heterocycles. The molecule has 1 fully saturated rings. The predicted molar refractivity (Wildman–Crippen MR) is 110 cm³/mol. The van der Waals surface area contributed by atoms with E-state index in [9.17, 15) is 9.59 Å². The van der Waals surface area contributed by atoms with E-state index in [1.165, 1.54) is 11.8 Å². The Morgan fingerprint density at radius 2 is 1.97 bits per heavy atom. The highest BCUT2D eigenvalue weighted by Crippen LogP contribution is 2.29. The fourth-order valence-corrected chi connectivity index (χ4v) is 3.54. The zero-order chi connectivity index (χ0) is 21.2. The number of aromatic nitrogens is 4. The van der Waals surface area contributed by atoms with Crippen molar-refractivity contribution in [3.63, 3.8) is 0 Å². The molecule has 3 rings (SSSR count). The van der Waals surface area contributed by atoms with Crippen LogP contribution < -0.4 is 5.73 Å². The van der Waals surface area contributed by atoms with Gasteiger partial charge in [0, 0.05) is 19.3 Å². The Kier molecular flexibility index (Phi) is 6.11. The number of rotatable bonds is 4. The maximum atomic E-state index is 12.3. The molecule has 9 nitrogen and oxygen atoms in total. The number of ether oxygens (including phenoxy) is 1. The fraction of sp³-hybridized carbons (Fsp3) is 0.526. The molecular formula is C19H26N6O3S. The highest BCUT2D eigenvalue weighted by Gasteiger charge is 2.29. The molecule has 3 heterocycles. The van der Waals surface area contributed by atoms with E-state index in [2.05, 4.69) is 15.1 Å². The molecule has 0 aromatic carbocycles. The summed E-state index contributed by atoms with van der Waals surface area (Å²) in [7, 11) is 0. The first kappa shape index (κ1) is 21.1. The lowest BCUT2D eigenvalue weighted by Crippen LogP contribution is -2.42. The number of hydrogen-bond donors (Lipinski definition) is 1. The summed E-state index contributed by atoms with van der Waals surface area (Å²) in [6.07, 6.45) is 4.65. The predicted octanol–water partition coefficient (Wildman–Crippen LogP) is 2.73. The lowest BCUT2D eigenvalue weighted by atomic mass is 10.1. The molecule has 2 amide bonds. The smallest absolute Gasteiger partial charge is 0.410 e. The summed E-state index contributed by atoms with van der Waals surface area (Å²) < 4.78 is 7.26. The third kappa shape index (κ3) is 5.06. The number of primary amides is 1. The normalized spacial score (nSPS) is 15.4. The van der Waals surface area contributed by atoms with Gasteiger partial charge in [-0.3, -0.25) is 9.48 Å². The van der Waals surface area contributed by atoms with Gasteiger partial charge in [-0.1, -0.05) is 11.8 Å². The quantitative estimate of drug-likeness (QED) is 0.599. The van der Waals surface area contributed by atoms with Gasteiger partial charge < -0.3 is 15.4 Å². The van der Waals surface area contributed by atoms with Crippen LogP contribution in [0, 0.1) is 0 Å². The average Bonchev–Trinajstić information content (AvgIpc) is 3.12. The van der Waals surface area contributed by atoms with E-state index in [0.29, 0.717) is 42.5 Å². The van der Waals surface area contributed by atoms with Crippen molar-refractivity contribution in [1.82, 2.24) is 24.6 Å². The van der Waals surface area contributed by atoms with Gasteiger partial charge in [0.2, 0.25) is 0 Å². The minimum atomic E-state index is -0.588. The van der Waals surface area contributed by atoms with Gasteiger partial charge in [-0.05, 0) is 52.0 Å². The molecule has 0 bridgehead atoms. The van der Waals surface area contributed by atoms with E-state index in [1.54, 1.807) is 27.9 Å². The number of likely N-dealkylation sites (tertiary alicyclic amines) is 1.